The second kappa shape index (κ2) is 7.13. The molecule has 0 spiro atoms. The molecule has 0 saturated heterocycles. The minimum atomic E-state index is -0.212. The van der Waals surface area contributed by atoms with Gasteiger partial charge in [0.05, 0.1) is 12.5 Å². The summed E-state index contributed by atoms with van der Waals surface area (Å²) in [5.74, 6) is 0.0420. The number of nitrogens with two attached hydrogens (primary N) is 1. The van der Waals surface area contributed by atoms with E-state index in [2.05, 4.69) is 0 Å². The van der Waals surface area contributed by atoms with Crippen molar-refractivity contribution in [2.75, 3.05) is 25.1 Å². The van der Waals surface area contributed by atoms with Gasteiger partial charge in [0, 0.05) is 25.9 Å². The van der Waals surface area contributed by atoms with Crippen molar-refractivity contribution in [2.24, 2.45) is 5.73 Å². The molecule has 1 aromatic carbocycles. The third-order valence-corrected chi connectivity index (χ3v) is 2.93. The molecule has 0 fully saturated rings. The Bertz CT molecular complexity index is 389. The van der Waals surface area contributed by atoms with E-state index in [4.69, 9.17) is 10.5 Å². The highest BCUT2D eigenvalue weighted by atomic mass is 16.5. The maximum Gasteiger partial charge on any atom is 0.229 e. The Morgan fingerprint density at radius 3 is 2.72 bits per heavy atom. The van der Waals surface area contributed by atoms with Gasteiger partial charge in [-0.05, 0) is 31.5 Å². The summed E-state index contributed by atoms with van der Waals surface area (Å²) < 4.78 is 5.15. The van der Waals surface area contributed by atoms with Crippen LogP contribution in [-0.4, -0.2) is 32.2 Å². The predicted octanol–water partition coefficient (Wildman–Crippen LogP) is 1.71. The number of rotatable bonds is 6. The lowest BCUT2D eigenvalue weighted by atomic mass is 10.1. The van der Waals surface area contributed by atoms with Crippen LogP contribution >= 0.6 is 0 Å². The first kappa shape index (κ1) is 14.7. The molecular formula is C14H22N2O2. The first-order valence-electron chi connectivity index (χ1n) is 6.22. The summed E-state index contributed by atoms with van der Waals surface area (Å²) in [5, 5.41) is 0. The first-order chi connectivity index (χ1) is 8.62. The highest BCUT2D eigenvalue weighted by Crippen LogP contribution is 2.17. The van der Waals surface area contributed by atoms with Crippen LogP contribution in [0.3, 0.4) is 0 Å². The standard InChI is InChI=1S/C14H22N2O2/c1-4-16(12-7-5-6-11(2)8-12)14(17)9-13(10-15)18-3/h5-8,13H,4,9-10,15H2,1-3H3. The van der Waals surface area contributed by atoms with Crippen molar-refractivity contribution in [3.8, 4) is 0 Å². The molecule has 2 N–H and O–H groups in total. The SMILES string of the molecule is CCN(C(=O)CC(CN)OC)c1cccc(C)c1. The van der Waals surface area contributed by atoms with Gasteiger partial charge in [-0.2, -0.15) is 0 Å². The van der Waals surface area contributed by atoms with Crippen LogP contribution in [0.1, 0.15) is 18.9 Å². The molecule has 1 aromatic rings. The topological polar surface area (TPSA) is 55.6 Å². The number of anilines is 1. The second-order valence-corrected chi connectivity index (χ2v) is 4.27. The van der Waals surface area contributed by atoms with Crippen molar-refractivity contribution in [1.82, 2.24) is 0 Å². The molecule has 0 radical (unpaired) electrons. The van der Waals surface area contributed by atoms with Gasteiger partial charge in [-0.15, -0.1) is 0 Å². The zero-order valence-corrected chi connectivity index (χ0v) is 11.3. The summed E-state index contributed by atoms with van der Waals surface area (Å²) in [5.41, 5.74) is 7.61. The Morgan fingerprint density at radius 2 is 2.22 bits per heavy atom. The number of nitrogens with zero attached hydrogens (tertiary/aromatic N) is 1. The summed E-state index contributed by atoms with van der Waals surface area (Å²) in [7, 11) is 1.58. The summed E-state index contributed by atoms with van der Waals surface area (Å²) in [6, 6.07) is 7.92. The fourth-order valence-corrected chi connectivity index (χ4v) is 1.87. The van der Waals surface area contributed by atoms with Gasteiger partial charge >= 0.3 is 0 Å². The van der Waals surface area contributed by atoms with E-state index in [1.165, 1.54) is 0 Å². The number of ether oxygens (including phenoxy) is 1. The molecule has 0 aliphatic rings. The molecule has 1 rings (SSSR count). The van der Waals surface area contributed by atoms with E-state index in [0.717, 1.165) is 11.3 Å². The number of methoxy groups -OCH3 is 1. The maximum atomic E-state index is 12.2. The molecule has 4 heteroatoms. The van der Waals surface area contributed by atoms with Gasteiger partial charge in [-0.1, -0.05) is 12.1 Å². The Labute approximate surface area is 109 Å². The van der Waals surface area contributed by atoms with Crippen LogP contribution in [0, 0.1) is 6.92 Å². The molecule has 100 valence electrons. The van der Waals surface area contributed by atoms with Crippen LogP contribution in [0.4, 0.5) is 5.69 Å². The van der Waals surface area contributed by atoms with E-state index < -0.39 is 0 Å². The smallest absolute Gasteiger partial charge is 0.229 e. The van der Waals surface area contributed by atoms with Crippen LogP contribution < -0.4 is 10.6 Å². The van der Waals surface area contributed by atoms with E-state index in [1.807, 2.05) is 38.1 Å². The van der Waals surface area contributed by atoms with E-state index >= 15 is 0 Å². The minimum Gasteiger partial charge on any atom is -0.380 e. The molecule has 1 amide bonds. The van der Waals surface area contributed by atoms with Crippen molar-refractivity contribution in [2.45, 2.75) is 26.4 Å². The summed E-state index contributed by atoms with van der Waals surface area (Å²) in [6.07, 6.45) is 0.103. The Kier molecular flexibility index (Phi) is 5.82. The van der Waals surface area contributed by atoms with Crippen molar-refractivity contribution >= 4 is 11.6 Å². The van der Waals surface area contributed by atoms with Gasteiger partial charge in [0.25, 0.3) is 0 Å². The van der Waals surface area contributed by atoms with Crippen molar-refractivity contribution in [3.63, 3.8) is 0 Å². The van der Waals surface area contributed by atoms with Crippen LogP contribution in [0.2, 0.25) is 0 Å². The zero-order chi connectivity index (χ0) is 13.5. The molecule has 4 nitrogen and oxygen atoms in total. The van der Waals surface area contributed by atoms with Gasteiger partial charge in [0.2, 0.25) is 5.91 Å². The second-order valence-electron chi connectivity index (χ2n) is 4.27. The molecular weight excluding hydrogens is 228 g/mol. The van der Waals surface area contributed by atoms with E-state index in [9.17, 15) is 4.79 Å². The number of hydrogen-bond donors (Lipinski definition) is 1. The molecule has 0 bridgehead atoms. The van der Waals surface area contributed by atoms with Gasteiger partial charge in [-0.3, -0.25) is 4.79 Å². The van der Waals surface area contributed by atoms with Gasteiger partial charge < -0.3 is 15.4 Å². The summed E-state index contributed by atoms with van der Waals surface area (Å²) >= 11 is 0. The molecule has 1 atom stereocenters. The lowest BCUT2D eigenvalue weighted by molar-refractivity contribution is -0.120. The monoisotopic (exact) mass is 250 g/mol. The quantitative estimate of drug-likeness (QED) is 0.836. The van der Waals surface area contributed by atoms with Crippen LogP contribution in [0.25, 0.3) is 0 Å². The van der Waals surface area contributed by atoms with Crippen LogP contribution in [-0.2, 0) is 9.53 Å². The largest absolute Gasteiger partial charge is 0.380 e. The summed E-state index contributed by atoms with van der Waals surface area (Å²) in [6.45, 7) is 4.97. The molecule has 0 heterocycles. The molecule has 0 aromatic heterocycles. The Hall–Kier alpha value is -1.39. The van der Waals surface area contributed by atoms with Crippen LogP contribution in [0.5, 0.6) is 0 Å². The maximum absolute atomic E-state index is 12.2. The minimum absolute atomic E-state index is 0.0420. The van der Waals surface area contributed by atoms with E-state index in [-0.39, 0.29) is 12.0 Å². The fourth-order valence-electron chi connectivity index (χ4n) is 1.87. The first-order valence-corrected chi connectivity index (χ1v) is 6.22. The van der Waals surface area contributed by atoms with Gasteiger partial charge in [0.15, 0.2) is 0 Å². The number of carbonyl (C=O) groups excluding carboxylic acids is 1. The molecule has 18 heavy (non-hydrogen) atoms. The third kappa shape index (κ3) is 3.82. The number of amides is 1. The number of benzene rings is 1. The Morgan fingerprint density at radius 1 is 1.50 bits per heavy atom. The lowest BCUT2D eigenvalue weighted by Crippen LogP contribution is -2.36. The number of carbonyl (C=O) groups is 1. The third-order valence-electron chi connectivity index (χ3n) is 2.93. The van der Waals surface area contributed by atoms with Crippen molar-refractivity contribution in [3.05, 3.63) is 29.8 Å². The lowest BCUT2D eigenvalue weighted by Gasteiger charge is -2.23. The molecule has 0 aliphatic heterocycles. The molecule has 1 unspecified atom stereocenters. The van der Waals surface area contributed by atoms with Crippen molar-refractivity contribution < 1.29 is 9.53 Å². The highest BCUT2D eigenvalue weighted by molar-refractivity contribution is 5.93. The van der Waals surface area contributed by atoms with E-state index in [1.54, 1.807) is 12.0 Å². The average Bonchev–Trinajstić information content (AvgIpc) is 2.37. The predicted molar refractivity (Wildman–Crippen MR) is 73.7 cm³/mol. The van der Waals surface area contributed by atoms with Gasteiger partial charge in [0.1, 0.15) is 0 Å². The van der Waals surface area contributed by atoms with Crippen molar-refractivity contribution in [1.29, 1.82) is 0 Å². The average molecular weight is 250 g/mol. The normalized spacial score (nSPS) is 12.2. The molecule has 0 saturated carbocycles. The number of hydrogen-bond acceptors (Lipinski definition) is 3. The fraction of sp³-hybridized carbons (Fsp3) is 0.500. The number of aryl methyl sites for hydroxylation is 1. The zero-order valence-electron chi connectivity index (χ0n) is 11.3. The highest BCUT2D eigenvalue weighted by Gasteiger charge is 2.18. The molecule has 0 aliphatic carbocycles. The van der Waals surface area contributed by atoms with Crippen LogP contribution in [0.15, 0.2) is 24.3 Å². The van der Waals surface area contributed by atoms with Gasteiger partial charge in [-0.25, -0.2) is 0 Å². The Balaban J connectivity index is 2.80. The summed E-state index contributed by atoms with van der Waals surface area (Å²) in [4.78, 5) is 14.0. The van der Waals surface area contributed by atoms with E-state index in [0.29, 0.717) is 19.5 Å².